The molecular formula is C15H24N2O. The van der Waals surface area contributed by atoms with Crippen LogP contribution in [0.5, 0.6) is 0 Å². The Bertz CT molecular complexity index is 323. The van der Waals surface area contributed by atoms with Crippen LogP contribution in [0.3, 0.4) is 0 Å². The number of nitrogens with two attached hydrogens (primary N) is 1. The highest BCUT2D eigenvalue weighted by Gasteiger charge is 2.17. The Balaban J connectivity index is 1.86. The first kappa shape index (κ1) is 13.5. The predicted molar refractivity (Wildman–Crippen MR) is 74.3 cm³/mol. The molecule has 2 rings (SSSR count). The second-order valence-electron chi connectivity index (χ2n) is 5.09. The first-order chi connectivity index (χ1) is 8.88. The number of nitrogens with zero attached hydrogens (tertiary/aromatic N) is 1. The lowest BCUT2D eigenvalue weighted by Crippen LogP contribution is -2.36. The van der Waals surface area contributed by atoms with E-state index in [0.29, 0.717) is 5.92 Å². The molecule has 2 N–H and O–H groups in total. The van der Waals surface area contributed by atoms with E-state index < -0.39 is 0 Å². The Morgan fingerprint density at radius 3 is 2.78 bits per heavy atom. The Morgan fingerprint density at radius 2 is 2.11 bits per heavy atom. The smallest absolute Gasteiger partial charge is 0.0506 e. The van der Waals surface area contributed by atoms with Crippen molar-refractivity contribution in [1.29, 1.82) is 0 Å². The minimum Gasteiger partial charge on any atom is -0.381 e. The molecule has 3 heteroatoms. The minimum absolute atomic E-state index is 0.675. The summed E-state index contributed by atoms with van der Waals surface area (Å²) in [7, 11) is 0. The van der Waals surface area contributed by atoms with Crippen LogP contribution in [-0.4, -0.2) is 37.7 Å². The van der Waals surface area contributed by atoms with Crippen molar-refractivity contribution in [3.63, 3.8) is 0 Å². The van der Waals surface area contributed by atoms with Crippen molar-refractivity contribution < 1.29 is 4.74 Å². The summed E-state index contributed by atoms with van der Waals surface area (Å²) < 4.78 is 5.55. The van der Waals surface area contributed by atoms with Gasteiger partial charge in [-0.05, 0) is 24.3 Å². The van der Waals surface area contributed by atoms with Crippen LogP contribution in [-0.2, 0) is 11.3 Å². The van der Waals surface area contributed by atoms with Gasteiger partial charge in [-0.1, -0.05) is 30.3 Å². The van der Waals surface area contributed by atoms with Gasteiger partial charge < -0.3 is 10.5 Å². The van der Waals surface area contributed by atoms with Gasteiger partial charge in [0.1, 0.15) is 0 Å². The molecule has 1 heterocycles. The lowest BCUT2D eigenvalue weighted by Gasteiger charge is -2.29. The molecule has 0 spiro atoms. The van der Waals surface area contributed by atoms with E-state index in [-0.39, 0.29) is 0 Å². The summed E-state index contributed by atoms with van der Waals surface area (Å²) in [6.07, 6.45) is 2.49. The van der Waals surface area contributed by atoms with Crippen molar-refractivity contribution in [2.45, 2.75) is 19.4 Å². The van der Waals surface area contributed by atoms with Crippen LogP contribution in [0.1, 0.15) is 18.4 Å². The molecular weight excluding hydrogens is 224 g/mol. The van der Waals surface area contributed by atoms with Crippen LogP contribution >= 0.6 is 0 Å². The lowest BCUT2D eigenvalue weighted by molar-refractivity contribution is 0.0377. The van der Waals surface area contributed by atoms with Crippen LogP contribution in [0.4, 0.5) is 0 Å². The third-order valence-corrected chi connectivity index (χ3v) is 3.47. The molecule has 100 valence electrons. The molecule has 1 aliphatic rings. The highest BCUT2D eigenvalue weighted by molar-refractivity contribution is 5.14. The summed E-state index contributed by atoms with van der Waals surface area (Å²) >= 11 is 0. The van der Waals surface area contributed by atoms with E-state index >= 15 is 0 Å². The Kier molecular flexibility index (Phi) is 5.65. The van der Waals surface area contributed by atoms with E-state index in [0.717, 1.165) is 39.4 Å². The van der Waals surface area contributed by atoms with E-state index in [2.05, 4.69) is 35.2 Å². The molecule has 0 radical (unpaired) electrons. The highest BCUT2D eigenvalue weighted by Crippen LogP contribution is 2.16. The zero-order valence-corrected chi connectivity index (χ0v) is 11.1. The highest BCUT2D eigenvalue weighted by atomic mass is 16.5. The van der Waals surface area contributed by atoms with Crippen molar-refractivity contribution in [2.75, 3.05) is 32.8 Å². The Labute approximate surface area is 110 Å². The number of ether oxygens (including phenoxy) is 1. The number of rotatable bonds is 6. The van der Waals surface area contributed by atoms with Gasteiger partial charge in [0.2, 0.25) is 0 Å². The topological polar surface area (TPSA) is 38.5 Å². The van der Waals surface area contributed by atoms with E-state index in [1.54, 1.807) is 0 Å². The van der Waals surface area contributed by atoms with E-state index in [9.17, 15) is 0 Å². The maximum absolute atomic E-state index is 5.72. The fourth-order valence-corrected chi connectivity index (χ4v) is 2.58. The number of hydrogen-bond acceptors (Lipinski definition) is 3. The first-order valence-corrected chi connectivity index (χ1v) is 6.92. The molecule has 0 aromatic heterocycles. The molecule has 1 aliphatic heterocycles. The van der Waals surface area contributed by atoms with Gasteiger partial charge >= 0.3 is 0 Å². The maximum atomic E-state index is 5.72. The van der Waals surface area contributed by atoms with Gasteiger partial charge in [0.15, 0.2) is 0 Å². The average molecular weight is 248 g/mol. The van der Waals surface area contributed by atoms with E-state index in [1.165, 1.54) is 18.4 Å². The summed E-state index contributed by atoms with van der Waals surface area (Å²) in [5.41, 5.74) is 7.08. The minimum atomic E-state index is 0.675. The fourth-order valence-electron chi connectivity index (χ4n) is 2.58. The quantitative estimate of drug-likeness (QED) is 0.835. The monoisotopic (exact) mass is 248 g/mol. The lowest BCUT2D eigenvalue weighted by atomic mass is 10.0. The largest absolute Gasteiger partial charge is 0.381 e. The Morgan fingerprint density at radius 1 is 1.28 bits per heavy atom. The van der Waals surface area contributed by atoms with Crippen molar-refractivity contribution in [2.24, 2.45) is 11.7 Å². The molecule has 1 atom stereocenters. The summed E-state index contributed by atoms with van der Waals surface area (Å²) in [4.78, 5) is 2.45. The van der Waals surface area contributed by atoms with Crippen LogP contribution in [0.15, 0.2) is 30.3 Å². The molecule has 0 bridgehead atoms. The van der Waals surface area contributed by atoms with Gasteiger partial charge in [0, 0.05) is 32.8 Å². The molecule has 0 aliphatic carbocycles. The normalized spacial score (nSPS) is 20.2. The van der Waals surface area contributed by atoms with Gasteiger partial charge in [-0.3, -0.25) is 4.90 Å². The maximum Gasteiger partial charge on any atom is 0.0506 e. The SMILES string of the molecule is NCCN(Cc1ccccc1)CC1CCCOC1. The molecule has 3 nitrogen and oxygen atoms in total. The molecule has 0 amide bonds. The number of benzene rings is 1. The zero-order valence-electron chi connectivity index (χ0n) is 11.1. The molecule has 0 saturated carbocycles. The van der Waals surface area contributed by atoms with Gasteiger partial charge in [0.05, 0.1) is 6.61 Å². The van der Waals surface area contributed by atoms with E-state index in [4.69, 9.17) is 10.5 Å². The standard InChI is InChI=1S/C15H24N2O/c16-8-9-17(11-14-5-2-1-3-6-14)12-15-7-4-10-18-13-15/h1-3,5-6,15H,4,7-13,16H2. The second kappa shape index (κ2) is 7.52. The third-order valence-electron chi connectivity index (χ3n) is 3.47. The average Bonchev–Trinajstić information content (AvgIpc) is 2.41. The van der Waals surface area contributed by atoms with Crippen LogP contribution in [0.2, 0.25) is 0 Å². The van der Waals surface area contributed by atoms with Crippen LogP contribution in [0.25, 0.3) is 0 Å². The summed E-state index contributed by atoms with van der Waals surface area (Å²) in [6, 6.07) is 10.6. The molecule has 1 aromatic carbocycles. The van der Waals surface area contributed by atoms with Crippen LogP contribution in [0, 0.1) is 5.92 Å². The summed E-state index contributed by atoms with van der Waals surface area (Å²) in [5.74, 6) is 0.675. The third kappa shape index (κ3) is 4.41. The van der Waals surface area contributed by atoms with Gasteiger partial charge in [-0.2, -0.15) is 0 Å². The van der Waals surface area contributed by atoms with Gasteiger partial charge in [0.25, 0.3) is 0 Å². The second-order valence-corrected chi connectivity index (χ2v) is 5.09. The zero-order chi connectivity index (χ0) is 12.6. The van der Waals surface area contributed by atoms with Crippen molar-refractivity contribution >= 4 is 0 Å². The van der Waals surface area contributed by atoms with Crippen molar-refractivity contribution in [1.82, 2.24) is 4.90 Å². The van der Waals surface area contributed by atoms with Crippen molar-refractivity contribution in [3.8, 4) is 0 Å². The molecule has 1 unspecified atom stereocenters. The van der Waals surface area contributed by atoms with E-state index in [1.807, 2.05) is 0 Å². The predicted octanol–water partition coefficient (Wildman–Crippen LogP) is 1.87. The van der Waals surface area contributed by atoms with Gasteiger partial charge in [-0.15, -0.1) is 0 Å². The summed E-state index contributed by atoms with van der Waals surface area (Å²) in [5, 5.41) is 0. The molecule has 18 heavy (non-hydrogen) atoms. The summed E-state index contributed by atoms with van der Waals surface area (Å²) in [6.45, 7) is 5.63. The molecule has 1 saturated heterocycles. The molecule has 1 fully saturated rings. The van der Waals surface area contributed by atoms with Crippen LogP contribution < -0.4 is 5.73 Å². The number of hydrogen-bond donors (Lipinski definition) is 1. The van der Waals surface area contributed by atoms with Crippen molar-refractivity contribution in [3.05, 3.63) is 35.9 Å². The Hall–Kier alpha value is -0.900. The molecule has 1 aromatic rings. The fraction of sp³-hybridized carbons (Fsp3) is 0.600. The van der Waals surface area contributed by atoms with Gasteiger partial charge in [-0.25, -0.2) is 0 Å². The first-order valence-electron chi connectivity index (χ1n) is 6.92.